The van der Waals surface area contributed by atoms with Crippen LogP contribution in [0.3, 0.4) is 0 Å². The van der Waals surface area contributed by atoms with Crippen LogP contribution in [0.4, 0.5) is 0 Å². The summed E-state index contributed by atoms with van der Waals surface area (Å²) in [5.74, 6) is 0.378. The van der Waals surface area contributed by atoms with Gasteiger partial charge in [0.1, 0.15) is 5.75 Å². The van der Waals surface area contributed by atoms with Gasteiger partial charge in [0.25, 0.3) is 5.91 Å². The molecule has 1 unspecified atom stereocenters. The summed E-state index contributed by atoms with van der Waals surface area (Å²) in [5.41, 5.74) is 0.505. The number of fused-ring (bicyclic) bond motifs is 1. The molecule has 1 atom stereocenters. The van der Waals surface area contributed by atoms with Gasteiger partial charge in [0.05, 0.1) is 5.56 Å². The lowest BCUT2D eigenvalue weighted by molar-refractivity contribution is -0.127. The van der Waals surface area contributed by atoms with Crippen LogP contribution in [0.1, 0.15) is 29.6 Å². The number of carbonyl (C=O) groups is 2. The fourth-order valence-corrected chi connectivity index (χ4v) is 2.68. The van der Waals surface area contributed by atoms with E-state index in [1.165, 1.54) is 0 Å². The van der Waals surface area contributed by atoms with Gasteiger partial charge in [-0.05, 0) is 36.1 Å². The number of hydrogen-bond acceptors (Lipinski definition) is 3. The lowest BCUT2D eigenvalue weighted by Crippen LogP contribution is -2.36. The monoisotopic (exact) mass is 283 g/mol. The van der Waals surface area contributed by atoms with E-state index in [1.807, 2.05) is 30.3 Å². The molecule has 0 saturated carbocycles. The first-order valence-electron chi connectivity index (χ1n) is 7.21. The number of carbonyl (C=O) groups excluding carboxylic acids is 2. The van der Waals surface area contributed by atoms with Gasteiger partial charge in [-0.15, -0.1) is 0 Å². The van der Waals surface area contributed by atoms with Gasteiger partial charge in [0.2, 0.25) is 0 Å². The molecule has 1 N–H and O–H groups in total. The lowest BCUT2D eigenvalue weighted by atomic mass is 10.0. The summed E-state index contributed by atoms with van der Waals surface area (Å²) in [6.45, 7) is 0.691. The first-order chi connectivity index (χ1) is 10.3. The Labute approximate surface area is 123 Å². The van der Waals surface area contributed by atoms with E-state index in [2.05, 4.69) is 5.32 Å². The van der Waals surface area contributed by atoms with E-state index in [1.54, 1.807) is 6.07 Å². The Morgan fingerprint density at radius 1 is 1.14 bits per heavy atom. The highest BCUT2D eigenvalue weighted by molar-refractivity contribution is 6.00. The third-order valence-corrected chi connectivity index (χ3v) is 3.80. The van der Waals surface area contributed by atoms with Crippen LogP contribution >= 0.6 is 0 Å². The van der Waals surface area contributed by atoms with E-state index >= 15 is 0 Å². The van der Waals surface area contributed by atoms with Crippen molar-refractivity contribution in [1.82, 2.24) is 5.32 Å². The summed E-state index contributed by atoms with van der Waals surface area (Å²) in [6.07, 6.45) is 2.85. The minimum atomic E-state index is -0.521. The Bertz CT molecular complexity index is 681. The molecule has 1 amide bonds. The van der Waals surface area contributed by atoms with Gasteiger partial charge in [-0.25, -0.2) is 0 Å². The highest BCUT2D eigenvalue weighted by atomic mass is 16.5. The zero-order valence-electron chi connectivity index (χ0n) is 11.7. The minimum Gasteiger partial charge on any atom is -0.480 e. The molecule has 1 fully saturated rings. The zero-order chi connectivity index (χ0) is 14.7. The van der Waals surface area contributed by atoms with E-state index in [9.17, 15) is 9.59 Å². The van der Waals surface area contributed by atoms with Gasteiger partial charge in [-0.2, -0.15) is 0 Å². The molecule has 0 spiro atoms. The Morgan fingerprint density at radius 3 is 2.86 bits per heavy atom. The maximum absolute atomic E-state index is 12.0. The van der Waals surface area contributed by atoms with Crippen LogP contribution in [0, 0.1) is 0 Å². The number of ether oxygens (including phenoxy) is 1. The van der Waals surface area contributed by atoms with Gasteiger partial charge in [0, 0.05) is 6.54 Å². The summed E-state index contributed by atoms with van der Waals surface area (Å²) < 4.78 is 5.83. The average Bonchev–Trinajstić information content (AvgIpc) is 2.72. The quantitative estimate of drug-likeness (QED) is 0.881. The number of nitrogens with one attached hydrogen (secondary N) is 1. The smallest absolute Gasteiger partial charge is 0.261 e. The number of hydrogen-bond donors (Lipinski definition) is 1. The second-order valence-corrected chi connectivity index (χ2v) is 5.21. The van der Waals surface area contributed by atoms with Gasteiger partial charge in [-0.1, -0.05) is 30.3 Å². The van der Waals surface area contributed by atoms with Crippen LogP contribution in [0.15, 0.2) is 36.4 Å². The summed E-state index contributed by atoms with van der Waals surface area (Å²) in [4.78, 5) is 23.4. The lowest BCUT2D eigenvalue weighted by Gasteiger charge is -2.17. The average molecular weight is 283 g/mol. The fourth-order valence-electron chi connectivity index (χ4n) is 2.68. The molecular weight excluding hydrogens is 266 g/mol. The van der Waals surface area contributed by atoms with Gasteiger partial charge >= 0.3 is 0 Å². The molecule has 1 saturated heterocycles. The van der Waals surface area contributed by atoms with Crippen LogP contribution < -0.4 is 10.1 Å². The molecular formula is C17H17NO3. The molecule has 0 radical (unpaired) electrons. The van der Waals surface area contributed by atoms with Crippen LogP contribution in [0.5, 0.6) is 5.75 Å². The Kier molecular flexibility index (Phi) is 3.86. The Balaban J connectivity index is 1.96. The highest BCUT2D eigenvalue weighted by Gasteiger charge is 2.23. The van der Waals surface area contributed by atoms with E-state index in [0.717, 1.165) is 29.9 Å². The maximum atomic E-state index is 12.0. The van der Waals surface area contributed by atoms with Crippen LogP contribution in [-0.2, 0) is 4.79 Å². The molecule has 0 aliphatic carbocycles. The van der Waals surface area contributed by atoms with Crippen molar-refractivity contribution in [3.63, 3.8) is 0 Å². The van der Waals surface area contributed by atoms with Crippen LogP contribution in [-0.4, -0.2) is 24.8 Å². The van der Waals surface area contributed by atoms with Crippen molar-refractivity contribution in [2.45, 2.75) is 25.4 Å². The molecule has 4 nitrogen and oxygen atoms in total. The predicted octanol–water partition coefficient (Wildman–Crippen LogP) is 2.70. The van der Waals surface area contributed by atoms with Crippen molar-refractivity contribution in [2.75, 3.05) is 6.54 Å². The minimum absolute atomic E-state index is 0.0995. The van der Waals surface area contributed by atoms with Gasteiger partial charge < -0.3 is 10.1 Å². The standard InChI is InChI=1S/C17H17NO3/c19-11-14-13-6-2-1-5-12(13)8-9-15(14)21-16-7-3-4-10-18-17(16)20/h1-2,5-6,8-9,11,16H,3-4,7,10H2,(H,18,20). The van der Waals surface area contributed by atoms with Crippen molar-refractivity contribution < 1.29 is 14.3 Å². The largest absolute Gasteiger partial charge is 0.480 e. The predicted molar refractivity (Wildman–Crippen MR) is 80.6 cm³/mol. The second-order valence-electron chi connectivity index (χ2n) is 5.21. The molecule has 0 bridgehead atoms. The summed E-state index contributed by atoms with van der Waals surface area (Å²) in [7, 11) is 0. The first kappa shape index (κ1) is 13.6. The molecule has 108 valence electrons. The number of aldehydes is 1. The SMILES string of the molecule is O=Cc1c(OC2CCCCNC2=O)ccc2ccccc12. The third kappa shape index (κ3) is 2.75. The Hall–Kier alpha value is -2.36. The normalized spacial score (nSPS) is 18.9. The first-order valence-corrected chi connectivity index (χ1v) is 7.21. The summed E-state index contributed by atoms with van der Waals surface area (Å²) in [5, 5.41) is 4.67. The molecule has 2 aromatic rings. The summed E-state index contributed by atoms with van der Waals surface area (Å²) >= 11 is 0. The van der Waals surface area contributed by atoms with Crippen molar-refractivity contribution in [1.29, 1.82) is 0 Å². The second kappa shape index (κ2) is 5.95. The molecule has 1 aliphatic heterocycles. The van der Waals surface area contributed by atoms with Gasteiger partial charge in [0.15, 0.2) is 12.4 Å². The van der Waals surface area contributed by atoms with Crippen molar-refractivity contribution in [3.8, 4) is 5.75 Å². The van der Waals surface area contributed by atoms with Crippen molar-refractivity contribution in [2.24, 2.45) is 0 Å². The Morgan fingerprint density at radius 2 is 2.00 bits per heavy atom. The highest BCUT2D eigenvalue weighted by Crippen LogP contribution is 2.28. The fraction of sp³-hybridized carbons (Fsp3) is 0.294. The van der Waals surface area contributed by atoms with Crippen LogP contribution in [0.25, 0.3) is 10.8 Å². The zero-order valence-corrected chi connectivity index (χ0v) is 11.7. The van der Waals surface area contributed by atoms with E-state index in [0.29, 0.717) is 24.3 Å². The third-order valence-electron chi connectivity index (χ3n) is 3.80. The molecule has 4 heteroatoms. The van der Waals surface area contributed by atoms with E-state index in [4.69, 9.17) is 4.74 Å². The van der Waals surface area contributed by atoms with Crippen molar-refractivity contribution in [3.05, 3.63) is 42.0 Å². The van der Waals surface area contributed by atoms with E-state index < -0.39 is 6.10 Å². The van der Waals surface area contributed by atoms with Crippen molar-refractivity contribution >= 4 is 23.0 Å². The number of amides is 1. The van der Waals surface area contributed by atoms with Crippen LogP contribution in [0.2, 0.25) is 0 Å². The summed E-state index contributed by atoms with van der Waals surface area (Å²) in [6, 6.07) is 11.3. The van der Waals surface area contributed by atoms with Gasteiger partial charge in [-0.3, -0.25) is 9.59 Å². The molecule has 1 aliphatic rings. The number of rotatable bonds is 3. The molecule has 3 rings (SSSR count). The molecule has 0 aromatic heterocycles. The topological polar surface area (TPSA) is 55.4 Å². The maximum Gasteiger partial charge on any atom is 0.261 e. The molecule has 2 aromatic carbocycles. The molecule has 21 heavy (non-hydrogen) atoms. The molecule has 1 heterocycles. The van der Waals surface area contributed by atoms with E-state index in [-0.39, 0.29) is 5.91 Å². The number of benzene rings is 2.